The first-order valence-corrected chi connectivity index (χ1v) is 5.76. The van der Waals surface area contributed by atoms with E-state index in [1.54, 1.807) is 6.07 Å². The van der Waals surface area contributed by atoms with Crippen LogP contribution in [0.3, 0.4) is 0 Å². The Morgan fingerprint density at radius 3 is 2.81 bits per heavy atom. The smallest absolute Gasteiger partial charge is 0.124 e. The Morgan fingerprint density at radius 2 is 2.25 bits per heavy atom. The Balaban J connectivity index is 2.82. The topological polar surface area (TPSA) is 35.2 Å². The lowest BCUT2D eigenvalue weighted by molar-refractivity contribution is 0.343. The lowest BCUT2D eigenvalue weighted by atomic mass is 10.1. The number of benzene rings is 1. The Labute approximate surface area is 102 Å². The molecular formula is C13H18ClNO. The van der Waals surface area contributed by atoms with E-state index >= 15 is 0 Å². The van der Waals surface area contributed by atoms with Gasteiger partial charge in [0.25, 0.3) is 0 Å². The summed E-state index contributed by atoms with van der Waals surface area (Å²) in [6.07, 6.45) is 0.918. The second-order valence-electron chi connectivity index (χ2n) is 3.86. The van der Waals surface area contributed by atoms with E-state index in [0.29, 0.717) is 11.6 Å². The van der Waals surface area contributed by atoms with Gasteiger partial charge in [0.2, 0.25) is 0 Å². The molecule has 0 aliphatic heterocycles. The molecule has 0 fully saturated rings. The fourth-order valence-electron chi connectivity index (χ4n) is 1.29. The fourth-order valence-corrected chi connectivity index (χ4v) is 1.47. The van der Waals surface area contributed by atoms with Crippen molar-refractivity contribution in [2.45, 2.75) is 26.3 Å². The first-order valence-electron chi connectivity index (χ1n) is 5.39. The van der Waals surface area contributed by atoms with Crippen LogP contribution in [-0.4, -0.2) is 6.61 Å². The summed E-state index contributed by atoms with van der Waals surface area (Å²) in [6, 6.07) is 5.40. The molecule has 0 heterocycles. The number of ether oxygens (including phenoxy) is 1. The molecule has 1 rings (SSSR count). The van der Waals surface area contributed by atoms with Crippen molar-refractivity contribution in [3.63, 3.8) is 0 Å². The summed E-state index contributed by atoms with van der Waals surface area (Å²) in [4.78, 5) is 0. The number of halogens is 1. The standard InChI is InChI=1S/C13H18ClNO/c1-4-9(2)8-16-13-6-5-11(14)7-12(13)10(3)15/h5-7,10H,2,4,8,15H2,1,3H3/t10-/m1/s1. The zero-order chi connectivity index (χ0) is 12.1. The number of nitrogens with two attached hydrogens (primary N) is 1. The van der Waals surface area contributed by atoms with Crippen molar-refractivity contribution < 1.29 is 4.74 Å². The van der Waals surface area contributed by atoms with E-state index in [1.807, 2.05) is 19.1 Å². The van der Waals surface area contributed by atoms with Crippen LogP contribution in [0.4, 0.5) is 0 Å². The van der Waals surface area contributed by atoms with Gasteiger partial charge < -0.3 is 10.5 Å². The van der Waals surface area contributed by atoms with Crippen LogP contribution >= 0.6 is 11.6 Å². The molecular weight excluding hydrogens is 222 g/mol. The van der Waals surface area contributed by atoms with Gasteiger partial charge in [0, 0.05) is 16.6 Å². The maximum Gasteiger partial charge on any atom is 0.124 e. The van der Waals surface area contributed by atoms with Gasteiger partial charge in [-0.3, -0.25) is 0 Å². The molecule has 2 nitrogen and oxygen atoms in total. The Morgan fingerprint density at radius 1 is 1.56 bits per heavy atom. The van der Waals surface area contributed by atoms with Gasteiger partial charge in [-0.2, -0.15) is 0 Å². The summed E-state index contributed by atoms with van der Waals surface area (Å²) in [7, 11) is 0. The normalized spacial score (nSPS) is 12.2. The average Bonchev–Trinajstić information content (AvgIpc) is 2.26. The SMILES string of the molecule is C=C(CC)COc1ccc(Cl)cc1[C@@H](C)N. The molecule has 0 unspecified atom stereocenters. The zero-order valence-electron chi connectivity index (χ0n) is 9.79. The van der Waals surface area contributed by atoms with Crippen molar-refractivity contribution in [1.82, 2.24) is 0 Å². The summed E-state index contributed by atoms with van der Waals surface area (Å²) in [6.45, 7) is 8.39. The molecule has 0 aliphatic rings. The Kier molecular flexibility index (Phi) is 4.84. The van der Waals surface area contributed by atoms with Gasteiger partial charge in [-0.05, 0) is 37.1 Å². The fraction of sp³-hybridized carbons (Fsp3) is 0.385. The maximum atomic E-state index is 5.92. The van der Waals surface area contributed by atoms with Gasteiger partial charge in [-0.1, -0.05) is 25.1 Å². The van der Waals surface area contributed by atoms with Crippen LogP contribution in [0.5, 0.6) is 5.75 Å². The molecule has 0 amide bonds. The minimum atomic E-state index is -0.0939. The predicted molar refractivity (Wildman–Crippen MR) is 69.0 cm³/mol. The largest absolute Gasteiger partial charge is 0.489 e. The minimum Gasteiger partial charge on any atom is -0.489 e. The molecule has 0 aromatic heterocycles. The van der Waals surface area contributed by atoms with Gasteiger partial charge in [0.05, 0.1) is 0 Å². The van der Waals surface area contributed by atoms with Gasteiger partial charge in [0.1, 0.15) is 12.4 Å². The average molecular weight is 240 g/mol. The Bertz CT molecular complexity index is 374. The van der Waals surface area contributed by atoms with Gasteiger partial charge in [0.15, 0.2) is 0 Å². The third kappa shape index (κ3) is 3.54. The molecule has 1 aromatic carbocycles. The van der Waals surface area contributed by atoms with Crippen LogP contribution < -0.4 is 10.5 Å². The van der Waals surface area contributed by atoms with Crippen molar-refractivity contribution in [3.05, 3.63) is 40.9 Å². The van der Waals surface area contributed by atoms with Crippen LogP contribution in [0, 0.1) is 0 Å². The van der Waals surface area contributed by atoms with Crippen molar-refractivity contribution in [2.75, 3.05) is 6.61 Å². The van der Waals surface area contributed by atoms with Crippen molar-refractivity contribution >= 4 is 11.6 Å². The predicted octanol–water partition coefficient (Wildman–Crippen LogP) is 3.70. The van der Waals surface area contributed by atoms with Crippen LogP contribution in [0.15, 0.2) is 30.4 Å². The van der Waals surface area contributed by atoms with Crippen LogP contribution in [-0.2, 0) is 0 Å². The molecule has 0 saturated carbocycles. The molecule has 3 heteroatoms. The number of rotatable bonds is 5. The van der Waals surface area contributed by atoms with Crippen LogP contribution in [0.25, 0.3) is 0 Å². The molecule has 0 spiro atoms. The van der Waals surface area contributed by atoms with Crippen LogP contribution in [0.2, 0.25) is 5.02 Å². The lowest BCUT2D eigenvalue weighted by Gasteiger charge is -2.14. The second-order valence-corrected chi connectivity index (χ2v) is 4.30. The highest BCUT2D eigenvalue weighted by Crippen LogP contribution is 2.27. The Hall–Kier alpha value is -0.990. The van der Waals surface area contributed by atoms with E-state index in [2.05, 4.69) is 13.5 Å². The summed E-state index contributed by atoms with van der Waals surface area (Å²) >= 11 is 5.92. The van der Waals surface area contributed by atoms with Gasteiger partial charge in [-0.15, -0.1) is 0 Å². The third-order valence-electron chi connectivity index (χ3n) is 2.39. The van der Waals surface area contributed by atoms with Gasteiger partial charge in [-0.25, -0.2) is 0 Å². The second kappa shape index (κ2) is 5.92. The molecule has 2 N–H and O–H groups in total. The first kappa shape index (κ1) is 13.1. The molecule has 88 valence electrons. The van der Waals surface area contributed by atoms with E-state index in [4.69, 9.17) is 22.1 Å². The number of hydrogen-bond donors (Lipinski definition) is 1. The molecule has 1 atom stereocenters. The highest BCUT2D eigenvalue weighted by molar-refractivity contribution is 6.30. The molecule has 1 aromatic rings. The zero-order valence-corrected chi connectivity index (χ0v) is 10.6. The van der Waals surface area contributed by atoms with E-state index in [0.717, 1.165) is 23.3 Å². The lowest BCUT2D eigenvalue weighted by Crippen LogP contribution is -2.09. The highest BCUT2D eigenvalue weighted by Gasteiger charge is 2.09. The van der Waals surface area contributed by atoms with E-state index < -0.39 is 0 Å². The summed E-state index contributed by atoms with van der Waals surface area (Å²) in [5.74, 6) is 0.786. The maximum absolute atomic E-state index is 5.92. The quantitative estimate of drug-likeness (QED) is 0.796. The van der Waals surface area contributed by atoms with Crippen LogP contribution in [0.1, 0.15) is 31.9 Å². The molecule has 16 heavy (non-hydrogen) atoms. The summed E-state index contributed by atoms with van der Waals surface area (Å²) in [5.41, 5.74) is 7.85. The summed E-state index contributed by atoms with van der Waals surface area (Å²) in [5, 5.41) is 0.675. The van der Waals surface area contributed by atoms with E-state index in [9.17, 15) is 0 Å². The van der Waals surface area contributed by atoms with Crippen molar-refractivity contribution in [1.29, 1.82) is 0 Å². The van der Waals surface area contributed by atoms with Crippen molar-refractivity contribution in [3.8, 4) is 5.75 Å². The summed E-state index contributed by atoms with van der Waals surface area (Å²) < 4.78 is 5.67. The monoisotopic (exact) mass is 239 g/mol. The van der Waals surface area contributed by atoms with E-state index in [-0.39, 0.29) is 6.04 Å². The third-order valence-corrected chi connectivity index (χ3v) is 2.63. The van der Waals surface area contributed by atoms with Gasteiger partial charge >= 0.3 is 0 Å². The molecule has 0 bridgehead atoms. The molecule has 0 saturated heterocycles. The minimum absolute atomic E-state index is 0.0939. The molecule has 0 aliphatic carbocycles. The number of hydrogen-bond acceptors (Lipinski definition) is 2. The van der Waals surface area contributed by atoms with Crippen molar-refractivity contribution in [2.24, 2.45) is 5.73 Å². The molecule has 0 radical (unpaired) electrons. The highest BCUT2D eigenvalue weighted by atomic mass is 35.5. The first-order chi connectivity index (χ1) is 7.54. The van der Waals surface area contributed by atoms with E-state index in [1.165, 1.54) is 0 Å².